The highest BCUT2D eigenvalue weighted by Crippen LogP contribution is 2.44. The molecule has 2 fully saturated rings. The highest BCUT2D eigenvalue weighted by atomic mass is 16.8. The van der Waals surface area contributed by atoms with Crippen LogP contribution in [0.5, 0.6) is 0 Å². The lowest BCUT2D eigenvalue weighted by Gasteiger charge is -2.31. The van der Waals surface area contributed by atoms with Crippen LogP contribution in [-0.2, 0) is 9.47 Å². The van der Waals surface area contributed by atoms with E-state index in [-0.39, 0.29) is 5.79 Å². The van der Waals surface area contributed by atoms with E-state index in [1.807, 2.05) is 0 Å². The van der Waals surface area contributed by atoms with E-state index in [0.29, 0.717) is 12.2 Å². The third kappa shape index (κ3) is 23.1. The van der Waals surface area contributed by atoms with Gasteiger partial charge in [-0.2, -0.15) is 0 Å². The fourth-order valence-corrected chi connectivity index (χ4v) is 7.83. The number of nitrogens with zero attached hydrogens (tertiary/aromatic N) is 1. The van der Waals surface area contributed by atoms with Crippen molar-refractivity contribution in [3.63, 3.8) is 0 Å². The molecule has 0 aromatic rings. The van der Waals surface area contributed by atoms with Gasteiger partial charge in [0.15, 0.2) is 5.79 Å². The maximum atomic E-state index is 6.95. The minimum absolute atomic E-state index is 0.313. The second-order valence-electron chi connectivity index (χ2n) is 15.8. The second-order valence-corrected chi connectivity index (χ2v) is 15.8. The van der Waals surface area contributed by atoms with Crippen LogP contribution in [0.25, 0.3) is 0 Å². The van der Waals surface area contributed by atoms with Crippen molar-refractivity contribution in [2.45, 2.75) is 218 Å². The molecule has 2 rings (SSSR count). The van der Waals surface area contributed by atoms with Crippen LogP contribution in [0.4, 0.5) is 0 Å². The van der Waals surface area contributed by atoms with E-state index in [0.717, 1.165) is 31.6 Å². The minimum atomic E-state index is -0.313. The number of hydrogen-bond acceptors (Lipinski definition) is 3. The van der Waals surface area contributed by atoms with E-state index in [2.05, 4.69) is 81.5 Å². The monoisotopic (exact) mass is 682 g/mol. The maximum absolute atomic E-state index is 6.95. The van der Waals surface area contributed by atoms with Gasteiger partial charge in [0.25, 0.3) is 0 Å². The lowest BCUT2D eigenvalue weighted by atomic mass is 9.85. The summed E-state index contributed by atoms with van der Waals surface area (Å²) in [5, 5.41) is 0. The number of fused-ring (bicyclic) bond motifs is 1. The number of allylic oxidation sites excluding steroid dienone is 8. The average Bonchev–Trinajstić information content (AvgIpc) is 3.45. The summed E-state index contributed by atoms with van der Waals surface area (Å²) in [6.45, 7) is 5.72. The number of unbranched alkanes of at least 4 members (excludes halogenated alkanes) is 18. The van der Waals surface area contributed by atoms with Crippen LogP contribution in [0.1, 0.15) is 200 Å². The van der Waals surface area contributed by atoms with Crippen molar-refractivity contribution in [1.82, 2.24) is 4.90 Å². The fourth-order valence-electron chi connectivity index (χ4n) is 7.83. The van der Waals surface area contributed by atoms with E-state index < -0.39 is 0 Å². The summed E-state index contributed by atoms with van der Waals surface area (Å²) >= 11 is 0. The summed E-state index contributed by atoms with van der Waals surface area (Å²) in [6.07, 6.45) is 56.5. The summed E-state index contributed by atoms with van der Waals surface area (Å²) in [5.74, 6) is 0.437. The largest absolute Gasteiger partial charge is 0.344 e. The van der Waals surface area contributed by atoms with Crippen LogP contribution in [0.3, 0.4) is 0 Å². The van der Waals surface area contributed by atoms with E-state index in [1.54, 1.807) is 0 Å². The molecule has 0 aromatic carbocycles. The summed E-state index contributed by atoms with van der Waals surface area (Å²) in [5.41, 5.74) is 0. The van der Waals surface area contributed by atoms with Crippen LogP contribution < -0.4 is 0 Å². The summed E-state index contributed by atoms with van der Waals surface area (Å²) < 4.78 is 13.8. The van der Waals surface area contributed by atoms with E-state index in [4.69, 9.17) is 9.47 Å². The zero-order valence-electron chi connectivity index (χ0n) is 33.3. The van der Waals surface area contributed by atoms with E-state index in [1.165, 1.54) is 167 Å². The molecular formula is C46H83NO2. The van der Waals surface area contributed by atoms with Gasteiger partial charge in [0, 0.05) is 19.4 Å². The van der Waals surface area contributed by atoms with Gasteiger partial charge in [0.1, 0.15) is 0 Å². The van der Waals surface area contributed by atoms with Gasteiger partial charge < -0.3 is 14.4 Å². The average molecular weight is 682 g/mol. The van der Waals surface area contributed by atoms with Crippen molar-refractivity contribution in [3.05, 3.63) is 48.6 Å². The molecule has 0 amide bonds. The molecule has 1 heterocycles. The third-order valence-corrected chi connectivity index (χ3v) is 10.7. The Kier molecular flexibility index (Phi) is 27.4. The molecule has 0 bridgehead atoms. The Labute approximate surface area is 306 Å². The summed E-state index contributed by atoms with van der Waals surface area (Å²) in [6, 6.07) is 0. The predicted molar refractivity (Wildman–Crippen MR) is 216 cm³/mol. The highest BCUT2D eigenvalue weighted by Gasteiger charge is 2.48. The van der Waals surface area contributed by atoms with Gasteiger partial charge in [0.2, 0.25) is 0 Å². The Bertz CT molecular complexity index is 809. The van der Waals surface area contributed by atoms with Crippen molar-refractivity contribution < 1.29 is 9.47 Å². The summed E-state index contributed by atoms with van der Waals surface area (Å²) in [7, 11) is 4.42. The number of ether oxygens (including phenoxy) is 2. The predicted octanol–water partition coefficient (Wildman–Crippen LogP) is 14.2. The zero-order chi connectivity index (χ0) is 35.1. The Hall–Kier alpha value is -1.16. The molecule has 1 saturated heterocycles. The quantitative estimate of drug-likeness (QED) is 0.0521. The van der Waals surface area contributed by atoms with Crippen molar-refractivity contribution in [1.29, 1.82) is 0 Å². The van der Waals surface area contributed by atoms with Crippen molar-refractivity contribution in [3.8, 4) is 0 Å². The van der Waals surface area contributed by atoms with Crippen LogP contribution >= 0.6 is 0 Å². The Balaban J connectivity index is 1.61. The molecule has 49 heavy (non-hydrogen) atoms. The van der Waals surface area contributed by atoms with Gasteiger partial charge >= 0.3 is 0 Å². The van der Waals surface area contributed by atoms with Crippen LogP contribution in [0.2, 0.25) is 0 Å². The number of rotatable bonds is 32. The molecule has 284 valence electrons. The Morgan fingerprint density at radius 1 is 0.490 bits per heavy atom. The number of hydrogen-bond donors (Lipinski definition) is 0. The van der Waals surface area contributed by atoms with E-state index in [9.17, 15) is 0 Å². The van der Waals surface area contributed by atoms with E-state index >= 15 is 0 Å². The molecule has 0 spiro atoms. The molecule has 0 radical (unpaired) electrons. The standard InChI is InChI=1S/C46H83NO2/c1-5-7-9-11-13-15-17-19-21-23-25-27-29-31-33-35-39-46(48-44-38-37-43(42-47(3)4)41-45(44)49-46)40-36-34-32-30-28-26-24-22-20-18-16-14-12-10-8-6-2/h13-16,19-22,43-45H,5-12,17-18,23-42H2,1-4H3/b15-13-,16-14-,21-19-,22-20-/t43-,44+,45-/m0/s1. The first kappa shape index (κ1) is 44.0. The van der Waals surface area contributed by atoms with Gasteiger partial charge in [-0.15, -0.1) is 0 Å². The molecule has 1 saturated carbocycles. The molecule has 0 unspecified atom stereocenters. The van der Waals surface area contributed by atoms with Gasteiger partial charge in [-0.25, -0.2) is 0 Å². The third-order valence-electron chi connectivity index (χ3n) is 10.7. The molecule has 2 aliphatic rings. The molecule has 1 aliphatic heterocycles. The normalized spacial score (nSPS) is 21.0. The smallest absolute Gasteiger partial charge is 0.169 e. The van der Waals surface area contributed by atoms with Crippen molar-refractivity contribution >= 4 is 0 Å². The van der Waals surface area contributed by atoms with Gasteiger partial charge in [-0.3, -0.25) is 0 Å². The molecular weight excluding hydrogens is 599 g/mol. The highest BCUT2D eigenvalue weighted by molar-refractivity contribution is 4.94. The maximum Gasteiger partial charge on any atom is 0.169 e. The van der Waals surface area contributed by atoms with Gasteiger partial charge in [-0.1, -0.05) is 140 Å². The molecule has 1 aliphatic carbocycles. The van der Waals surface area contributed by atoms with Crippen LogP contribution in [-0.4, -0.2) is 43.5 Å². The molecule has 3 atom stereocenters. The van der Waals surface area contributed by atoms with Crippen molar-refractivity contribution in [2.75, 3.05) is 20.6 Å². The van der Waals surface area contributed by atoms with Crippen LogP contribution in [0, 0.1) is 5.92 Å². The lowest BCUT2D eigenvalue weighted by molar-refractivity contribution is -0.186. The summed E-state index contributed by atoms with van der Waals surface area (Å²) in [4.78, 5) is 2.35. The molecule has 0 aromatic heterocycles. The molecule has 0 N–H and O–H groups in total. The lowest BCUT2D eigenvalue weighted by Crippen LogP contribution is -2.35. The van der Waals surface area contributed by atoms with Gasteiger partial charge in [0.05, 0.1) is 12.2 Å². The molecule has 3 heteroatoms. The first-order valence-corrected chi connectivity index (χ1v) is 21.7. The first-order chi connectivity index (χ1) is 24.1. The first-order valence-electron chi connectivity index (χ1n) is 21.7. The van der Waals surface area contributed by atoms with Crippen LogP contribution in [0.15, 0.2) is 48.6 Å². The topological polar surface area (TPSA) is 21.7 Å². The zero-order valence-corrected chi connectivity index (χ0v) is 33.3. The van der Waals surface area contributed by atoms with Gasteiger partial charge in [-0.05, 0) is 116 Å². The Morgan fingerprint density at radius 3 is 1.35 bits per heavy atom. The second kappa shape index (κ2) is 30.5. The fraction of sp³-hybridized carbons (Fsp3) is 0.826. The van der Waals surface area contributed by atoms with Crippen molar-refractivity contribution in [2.24, 2.45) is 5.92 Å². The molecule has 3 nitrogen and oxygen atoms in total. The Morgan fingerprint density at radius 2 is 0.898 bits per heavy atom. The SMILES string of the molecule is CCCCC/C=C\C/C=C\CCCCCCCCC1(CCCCCCCC/C=C\C/C=C\CCCCC)O[C@H]2C[C@@H](CN(C)C)CC[C@H]2O1. The minimum Gasteiger partial charge on any atom is -0.344 e.